The summed E-state index contributed by atoms with van der Waals surface area (Å²) in [6.07, 6.45) is 2.70. The van der Waals surface area contributed by atoms with Crippen molar-refractivity contribution in [2.45, 2.75) is 13.8 Å². The van der Waals surface area contributed by atoms with Crippen LogP contribution in [0.15, 0.2) is 90.3 Å². The van der Waals surface area contributed by atoms with Gasteiger partial charge in [0.05, 0.1) is 11.4 Å². The van der Waals surface area contributed by atoms with Crippen molar-refractivity contribution in [2.75, 3.05) is 10.6 Å². The van der Waals surface area contributed by atoms with E-state index in [1.165, 1.54) is 36.4 Å². The van der Waals surface area contributed by atoms with Gasteiger partial charge in [0, 0.05) is 23.5 Å². The summed E-state index contributed by atoms with van der Waals surface area (Å²) in [5, 5.41) is 25.6. The number of hydrogen-bond acceptors (Lipinski definition) is 7. The Morgan fingerprint density at radius 2 is 1.09 bits per heavy atom. The van der Waals surface area contributed by atoms with Gasteiger partial charge in [0.2, 0.25) is 11.6 Å². The molecule has 0 atom stereocenters. The highest BCUT2D eigenvalue weighted by atomic mass is 16.3. The number of aromatic nitrogens is 1. The number of anilines is 2. The Labute approximate surface area is 185 Å². The molecule has 0 aliphatic rings. The summed E-state index contributed by atoms with van der Waals surface area (Å²) >= 11 is 0. The first kappa shape index (κ1) is 22.3. The van der Waals surface area contributed by atoms with Crippen LogP contribution < -0.4 is 10.6 Å². The molecule has 0 amide bonds. The molecule has 0 radical (unpaired) electrons. The van der Waals surface area contributed by atoms with Crippen LogP contribution in [-0.2, 0) is 0 Å². The number of carbonyl (C=O) groups excluding carboxylic acids is 2. The van der Waals surface area contributed by atoms with Crippen molar-refractivity contribution in [1.82, 2.24) is 4.98 Å². The first-order valence-corrected chi connectivity index (χ1v) is 9.86. The fraction of sp³-hybridized carbons (Fsp3) is 0.0800. The number of nitrogens with zero attached hydrogens (tertiary/aromatic N) is 1. The monoisotopic (exact) mass is 429 g/mol. The fourth-order valence-electron chi connectivity index (χ4n) is 2.91. The third kappa shape index (κ3) is 5.82. The largest absolute Gasteiger partial charge is 0.506 e. The lowest BCUT2D eigenvalue weighted by molar-refractivity contribution is 0.103. The van der Waals surface area contributed by atoms with E-state index in [1.807, 2.05) is 0 Å². The van der Waals surface area contributed by atoms with Crippen LogP contribution in [0.3, 0.4) is 0 Å². The number of allylic oxidation sites excluding steroid dienone is 4. The van der Waals surface area contributed by atoms with Gasteiger partial charge in [-0.15, -0.1) is 0 Å². The van der Waals surface area contributed by atoms with E-state index in [9.17, 15) is 19.8 Å². The second-order valence-electron chi connectivity index (χ2n) is 7.08. The average molecular weight is 429 g/mol. The van der Waals surface area contributed by atoms with E-state index >= 15 is 0 Å². The molecule has 3 aromatic rings. The molecule has 2 aromatic carbocycles. The maximum atomic E-state index is 12.6. The smallest absolute Gasteiger partial charge is 0.205 e. The second kappa shape index (κ2) is 10.1. The SMILES string of the molecule is CC(=CC(=O)c1cccc(C(=O)C=C(C)Nc2ccccc2O)n1)Nc1ccccc1O. The number of ketones is 2. The Morgan fingerprint density at radius 3 is 1.50 bits per heavy atom. The van der Waals surface area contributed by atoms with E-state index in [-0.39, 0.29) is 34.5 Å². The molecule has 0 unspecified atom stereocenters. The van der Waals surface area contributed by atoms with Gasteiger partial charge in [-0.1, -0.05) is 30.3 Å². The van der Waals surface area contributed by atoms with Crippen LogP contribution >= 0.6 is 0 Å². The lowest BCUT2D eigenvalue weighted by Crippen LogP contribution is -2.08. The van der Waals surface area contributed by atoms with Gasteiger partial charge < -0.3 is 20.8 Å². The number of phenols is 2. The zero-order chi connectivity index (χ0) is 23.1. The molecule has 162 valence electrons. The summed E-state index contributed by atoms with van der Waals surface area (Å²) in [6.45, 7) is 3.38. The minimum atomic E-state index is -0.381. The van der Waals surface area contributed by atoms with Crippen LogP contribution in [0.25, 0.3) is 0 Å². The number of phenolic OH excluding ortho intramolecular Hbond substituents is 2. The highest BCUT2D eigenvalue weighted by Gasteiger charge is 2.11. The zero-order valence-corrected chi connectivity index (χ0v) is 17.7. The third-order valence-corrected chi connectivity index (χ3v) is 4.42. The number of benzene rings is 2. The summed E-state index contributed by atoms with van der Waals surface area (Å²) in [6, 6.07) is 18.0. The number of rotatable bonds is 8. The van der Waals surface area contributed by atoms with Crippen LogP contribution in [0.4, 0.5) is 11.4 Å². The molecule has 1 heterocycles. The molecule has 0 aliphatic heterocycles. The molecular weight excluding hydrogens is 406 g/mol. The predicted octanol–water partition coefficient (Wildman–Crippen LogP) is 4.89. The van der Waals surface area contributed by atoms with Crippen LogP contribution in [-0.4, -0.2) is 26.8 Å². The van der Waals surface area contributed by atoms with Gasteiger partial charge in [-0.3, -0.25) is 9.59 Å². The molecular formula is C25H23N3O4. The number of carbonyl (C=O) groups is 2. The van der Waals surface area contributed by atoms with Crippen molar-refractivity contribution < 1.29 is 19.8 Å². The topological polar surface area (TPSA) is 112 Å². The van der Waals surface area contributed by atoms with Crippen LogP contribution in [0.5, 0.6) is 11.5 Å². The van der Waals surface area contributed by atoms with E-state index in [2.05, 4.69) is 15.6 Å². The lowest BCUT2D eigenvalue weighted by atomic mass is 10.1. The van der Waals surface area contributed by atoms with E-state index in [1.54, 1.807) is 56.3 Å². The predicted molar refractivity (Wildman–Crippen MR) is 124 cm³/mol. The van der Waals surface area contributed by atoms with Gasteiger partial charge in [0.25, 0.3) is 0 Å². The number of pyridine rings is 1. The Morgan fingerprint density at radius 1 is 0.688 bits per heavy atom. The van der Waals surface area contributed by atoms with Crippen molar-refractivity contribution in [3.8, 4) is 11.5 Å². The van der Waals surface area contributed by atoms with Crippen molar-refractivity contribution in [3.63, 3.8) is 0 Å². The first-order valence-electron chi connectivity index (χ1n) is 9.86. The van der Waals surface area contributed by atoms with Crippen molar-refractivity contribution >= 4 is 22.9 Å². The highest BCUT2D eigenvalue weighted by molar-refractivity contribution is 6.07. The molecule has 0 aliphatic carbocycles. The zero-order valence-electron chi connectivity index (χ0n) is 17.7. The molecule has 4 N–H and O–H groups in total. The molecule has 7 heteroatoms. The minimum Gasteiger partial charge on any atom is -0.506 e. The van der Waals surface area contributed by atoms with Crippen LogP contribution in [0, 0.1) is 0 Å². The third-order valence-electron chi connectivity index (χ3n) is 4.42. The molecule has 7 nitrogen and oxygen atoms in total. The van der Waals surface area contributed by atoms with Crippen LogP contribution in [0.1, 0.15) is 34.8 Å². The van der Waals surface area contributed by atoms with Gasteiger partial charge in [-0.25, -0.2) is 4.98 Å². The fourth-order valence-corrected chi connectivity index (χ4v) is 2.91. The van der Waals surface area contributed by atoms with Crippen LogP contribution in [0.2, 0.25) is 0 Å². The van der Waals surface area contributed by atoms with E-state index in [4.69, 9.17) is 0 Å². The lowest BCUT2D eigenvalue weighted by Gasteiger charge is -2.08. The summed E-state index contributed by atoms with van der Waals surface area (Å²) in [7, 11) is 0. The second-order valence-corrected chi connectivity index (χ2v) is 7.08. The number of para-hydroxylation sites is 4. The number of nitrogens with one attached hydrogen (secondary N) is 2. The van der Waals surface area contributed by atoms with Gasteiger partial charge in [0.15, 0.2) is 0 Å². The quantitative estimate of drug-likeness (QED) is 0.229. The molecule has 0 bridgehead atoms. The van der Waals surface area contributed by atoms with Gasteiger partial charge >= 0.3 is 0 Å². The molecule has 32 heavy (non-hydrogen) atoms. The van der Waals surface area contributed by atoms with Crippen molar-refractivity contribution in [2.24, 2.45) is 0 Å². The molecule has 3 rings (SSSR count). The van der Waals surface area contributed by atoms with E-state index in [0.717, 1.165) is 0 Å². The molecule has 0 saturated carbocycles. The normalized spacial score (nSPS) is 11.7. The summed E-state index contributed by atoms with van der Waals surface area (Å²) in [4.78, 5) is 29.4. The average Bonchev–Trinajstić information content (AvgIpc) is 2.77. The van der Waals surface area contributed by atoms with E-state index in [0.29, 0.717) is 22.8 Å². The standard InChI is InChI=1S/C25H23N3O4/c1-16(26-18-8-3-5-12-22(18)29)14-24(31)20-10-7-11-21(28-20)25(32)15-17(2)27-19-9-4-6-13-23(19)30/h3-15,26-27,29-30H,1-2H3. The van der Waals surface area contributed by atoms with Gasteiger partial charge in [0.1, 0.15) is 22.9 Å². The van der Waals surface area contributed by atoms with Crippen molar-refractivity contribution in [1.29, 1.82) is 0 Å². The Bertz CT molecular complexity index is 1120. The summed E-state index contributed by atoms with van der Waals surface area (Å²) in [5.74, 6) is -0.628. The molecule has 0 spiro atoms. The van der Waals surface area contributed by atoms with E-state index < -0.39 is 0 Å². The van der Waals surface area contributed by atoms with Gasteiger partial charge in [-0.05, 0) is 50.2 Å². The minimum absolute atomic E-state index is 0.0676. The molecule has 0 saturated heterocycles. The van der Waals surface area contributed by atoms with Gasteiger partial charge in [-0.2, -0.15) is 0 Å². The maximum absolute atomic E-state index is 12.6. The maximum Gasteiger partial charge on any atom is 0.205 e. The summed E-state index contributed by atoms with van der Waals surface area (Å²) < 4.78 is 0. The molecule has 1 aromatic heterocycles. The Balaban J connectivity index is 1.72. The van der Waals surface area contributed by atoms with Crippen molar-refractivity contribution in [3.05, 3.63) is 102 Å². The number of hydrogen-bond donors (Lipinski definition) is 4. The summed E-state index contributed by atoms with van der Waals surface area (Å²) in [5.41, 5.74) is 2.21. The first-order chi connectivity index (χ1) is 15.3. The number of aromatic hydroxyl groups is 2. The molecule has 0 fully saturated rings. The highest BCUT2D eigenvalue weighted by Crippen LogP contribution is 2.24. The Hall–Kier alpha value is -4.39. The Kier molecular flexibility index (Phi) is 7.02.